The van der Waals surface area contributed by atoms with E-state index in [-0.39, 0.29) is 12.3 Å². The standard InChI is InChI=1S/C15H12BrN3O/c1-19(14-4-2-12(16)3-5-14)15(20)11-7-9-18-13(10-11)6-8-17/h2-5,7,9-10H,6H2,1H3. The Morgan fingerprint density at radius 1 is 1.35 bits per heavy atom. The van der Waals surface area contributed by atoms with Gasteiger partial charge in [-0.2, -0.15) is 5.26 Å². The van der Waals surface area contributed by atoms with Gasteiger partial charge >= 0.3 is 0 Å². The lowest BCUT2D eigenvalue weighted by molar-refractivity contribution is 0.0993. The zero-order valence-electron chi connectivity index (χ0n) is 10.9. The first-order valence-corrected chi connectivity index (χ1v) is 6.76. The van der Waals surface area contributed by atoms with E-state index in [4.69, 9.17) is 5.26 Å². The van der Waals surface area contributed by atoms with Crippen molar-refractivity contribution in [3.63, 3.8) is 0 Å². The second kappa shape index (κ2) is 6.31. The van der Waals surface area contributed by atoms with E-state index in [1.165, 1.54) is 0 Å². The molecule has 5 heteroatoms. The minimum absolute atomic E-state index is 0.131. The largest absolute Gasteiger partial charge is 0.311 e. The Labute approximate surface area is 125 Å². The van der Waals surface area contributed by atoms with E-state index in [1.807, 2.05) is 30.3 Å². The van der Waals surface area contributed by atoms with Gasteiger partial charge in [-0.3, -0.25) is 9.78 Å². The molecule has 0 aliphatic carbocycles. The van der Waals surface area contributed by atoms with Crippen LogP contribution < -0.4 is 4.90 Å². The van der Waals surface area contributed by atoms with Gasteiger partial charge in [0, 0.05) is 29.0 Å². The summed E-state index contributed by atoms with van der Waals surface area (Å²) >= 11 is 3.36. The van der Waals surface area contributed by atoms with Gasteiger partial charge in [0.2, 0.25) is 0 Å². The zero-order chi connectivity index (χ0) is 14.5. The van der Waals surface area contributed by atoms with Gasteiger partial charge in [-0.1, -0.05) is 15.9 Å². The molecule has 1 aromatic heterocycles. The molecule has 20 heavy (non-hydrogen) atoms. The molecule has 0 aliphatic rings. The van der Waals surface area contributed by atoms with Gasteiger partial charge in [0.25, 0.3) is 5.91 Å². The maximum atomic E-state index is 12.4. The summed E-state index contributed by atoms with van der Waals surface area (Å²) in [5, 5.41) is 8.67. The Morgan fingerprint density at radius 2 is 2.05 bits per heavy atom. The van der Waals surface area contributed by atoms with Crippen LogP contribution >= 0.6 is 15.9 Å². The van der Waals surface area contributed by atoms with Crippen molar-refractivity contribution in [3.8, 4) is 6.07 Å². The van der Waals surface area contributed by atoms with Crippen molar-refractivity contribution in [2.45, 2.75) is 6.42 Å². The van der Waals surface area contributed by atoms with Gasteiger partial charge in [0.15, 0.2) is 0 Å². The van der Waals surface area contributed by atoms with Gasteiger partial charge in [-0.05, 0) is 36.4 Å². The summed E-state index contributed by atoms with van der Waals surface area (Å²) in [7, 11) is 1.72. The van der Waals surface area contributed by atoms with Gasteiger partial charge in [0.05, 0.1) is 18.2 Å². The second-order valence-electron chi connectivity index (χ2n) is 4.21. The fourth-order valence-corrected chi connectivity index (χ4v) is 2.03. The minimum Gasteiger partial charge on any atom is -0.311 e. The summed E-state index contributed by atoms with van der Waals surface area (Å²) < 4.78 is 0.960. The number of carbonyl (C=O) groups is 1. The number of rotatable bonds is 3. The van der Waals surface area contributed by atoms with Crippen molar-refractivity contribution in [1.29, 1.82) is 5.26 Å². The third-order valence-electron chi connectivity index (χ3n) is 2.84. The van der Waals surface area contributed by atoms with Crippen molar-refractivity contribution in [3.05, 3.63) is 58.3 Å². The van der Waals surface area contributed by atoms with Crippen LogP contribution in [-0.2, 0) is 6.42 Å². The van der Waals surface area contributed by atoms with Crippen LogP contribution in [0.1, 0.15) is 16.1 Å². The minimum atomic E-state index is -0.131. The first-order chi connectivity index (χ1) is 9.61. The molecule has 100 valence electrons. The van der Waals surface area contributed by atoms with Crippen LogP contribution in [0.4, 0.5) is 5.69 Å². The highest BCUT2D eigenvalue weighted by atomic mass is 79.9. The van der Waals surface area contributed by atoms with Crippen LogP contribution in [-0.4, -0.2) is 17.9 Å². The lowest BCUT2D eigenvalue weighted by Crippen LogP contribution is -2.26. The first kappa shape index (κ1) is 14.2. The molecule has 2 rings (SSSR count). The molecule has 1 aromatic carbocycles. The summed E-state index contributed by atoms with van der Waals surface area (Å²) in [6, 6.07) is 12.8. The molecular formula is C15H12BrN3O. The molecule has 1 heterocycles. The quantitative estimate of drug-likeness (QED) is 0.868. The summed E-state index contributed by atoms with van der Waals surface area (Å²) in [5.41, 5.74) is 1.93. The van der Waals surface area contributed by atoms with Crippen molar-refractivity contribution < 1.29 is 4.79 Å². The SMILES string of the molecule is CN(C(=O)c1ccnc(CC#N)c1)c1ccc(Br)cc1. The Kier molecular flexibility index (Phi) is 4.49. The van der Waals surface area contributed by atoms with E-state index >= 15 is 0 Å². The van der Waals surface area contributed by atoms with Crippen LogP contribution in [0.5, 0.6) is 0 Å². The molecule has 0 bridgehead atoms. The predicted molar refractivity (Wildman–Crippen MR) is 80.4 cm³/mol. The maximum Gasteiger partial charge on any atom is 0.258 e. The monoisotopic (exact) mass is 329 g/mol. The van der Waals surface area contributed by atoms with Gasteiger partial charge in [-0.25, -0.2) is 0 Å². The molecule has 0 fully saturated rings. The Hall–Kier alpha value is -2.19. The molecule has 0 spiro atoms. The lowest BCUT2D eigenvalue weighted by Gasteiger charge is -2.17. The van der Waals surface area contributed by atoms with Crippen LogP contribution in [0.25, 0.3) is 0 Å². The van der Waals surface area contributed by atoms with Gasteiger partial charge < -0.3 is 4.90 Å². The van der Waals surface area contributed by atoms with Gasteiger partial charge in [0.1, 0.15) is 0 Å². The number of amides is 1. The molecule has 4 nitrogen and oxygen atoms in total. The van der Waals surface area contributed by atoms with E-state index in [1.54, 1.807) is 30.3 Å². The van der Waals surface area contributed by atoms with Crippen LogP contribution in [0, 0.1) is 11.3 Å². The Morgan fingerprint density at radius 3 is 2.70 bits per heavy atom. The zero-order valence-corrected chi connectivity index (χ0v) is 12.5. The number of hydrogen-bond donors (Lipinski definition) is 0. The van der Waals surface area contributed by atoms with E-state index in [0.717, 1.165) is 10.2 Å². The van der Waals surface area contributed by atoms with Crippen molar-refractivity contribution >= 4 is 27.5 Å². The summed E-state index contributed by atoms with van der Waals surface area (Å²) in [6.45, 7) is 0. The number of halogens is 1. The predicted octanol–water partition coefficient (Wildman–Crippen LogP) is 3.19. The van der Waals surface area contributed by atoms with Crippen LogP contribution in [0.15, 0.2) is 47.1 Å². The summed E-state index contributed by atoms with van der Waals surface area (Å²) in [6.07, 6.45) is 1.75. The van der Waals surface area contributed by atoms with Gasteiger partial charge in [-0.15, -0.1) is 0 Å². The van der Waals surface area contributed by atoms with E-state index in [9.17, 15) is 4.79 Å². The molecule has 0 N–H and O–H groups in total. The Bertz CT molecular complexity index is 662. The fraction of sp³-hybridized carbons (Fsp3) is 0.133. The lowest BCUT2D eigenvalue weighted by atomic mass is 10.1. The number of anilines is 1. The molecule has 0 saturated carbocycles. The molecule has 0 aliphatic heterocycles. The smallest absolute Gasteiger partial charge is 0.258 e. The highest BCUT2D eigenvalue weighted by Crippen LogP contribution is 2.19. The number of nitrogens with zero attached hydrogens (tertiary/aromatic N) is 3. The molecule has 0 unspecified atom stereocenters. The van der Waals surface area contributed by atoms with Crippen LogP contribution in [0.2, 0.25) is 0 Å². The van der Waals surface area contributed by atoms with Crippen molar-refractivity contribution in [2.75, 3.05) is 11.9 Å². The van der Waals surface area contributed by atoms with Crippen molar-refractivity contribution in [2.24, 2.45) is 0 Å². The number of nitriles is 1. The third kappa shape index (κ3) is 3.22. The molecule has 1 amide bonds. The van der Waals surface area contributed by atoms with Crippen LogP contribution in [0.3, 0.4) is 0 Å². The normalized spacial score (nSPS) is 9.85. The topological polar surface area (TPSA) is 57.0 Å². The fourth-order valence-electron chi connectivity index (χ4n) is 1.76. The summed E-state index contributed by atoms with van der Waals surface area (Å²) in [5.74, 6) is -0.131. The third-order valence-corrected chi connectivity index (χ3v) is 3.37. The first-order valence-electron chi connectivity index (χ1n) is 5.97. The number of hydrogen-bond acceptors (Lipinski definition) is 3. The number of aromatic nitrogens is 1. The maximum absolute atomic E-state index is 12.4. The number of carbonyl (C=O) groups excluding carboxylic acids is 1. The van der Waals surface area contributed by atoms with Crippen molar-refractivity contribution in [1.82, 2.24) is 4.98 Å². The van der Waals surface area contributed by atoms with E-state index in [2.05, 4.69) is 20.9 Å². The summed E-state index contributed by atoms with van der Waals surface area (Å²) in [4.78, 5) is 18.0. The number of pyridine rings is 1. The Balaban J connectivity index is 2.24. The highest BCUT2D eigenvalue weighted by Gasteiger charge is 2.14. The molecule has 0 atom stereocenters. The highest BCUT2D eigenvalue weighted by molar-refractivity contribution is 9.10. The molecule has 2 aromatic rings. The molecular weight excluding hydrogens is 318 g/mol. The molecule has 0 radical (unpaired) electrons. The van der Waals surface area contributed by atoms with E-state index < -0.39 is 0 Å². The average molecular weight is 330 g/mol. The average Bonchev–Trinajstić information content (AvgIpc) is 2.47. The second-order valence-corrected chi connectivity index (χ2v) is 5.13. The molecule has 0 saturated heterocycles. The van der Waals surface area contributed by atoms with E-state index in [0.29, 0.717) is 11.3 Å². The number of benzene rings is 1.